The van der Waals surface area contributed by atoms with Crippen molar-refractivity contribution in [2.24, 2.45) is 0 Å². The van der Waals surface area contributed by atoms with Crippen molar-refractivity contribution in [3.05, 3.63) is 96.1 Å². The molecule has 2 aromatic rings. The molecule has 0 aliphatic carbocycles. The van der Waals surface area contributed by atoms with Gasteiger partial charge in [0.1, 0.15) is 0 Å². The Labute approximate surface area is 151 Å². The standard InChI is InChI=1S/C22H17NO3/c1-2-14-23-19-11-7-6-10-18(19)22(21(23)25)17(15-20(24)26-22)13-12-16-8-4-3-5-9-16/h2-13,15H,1,14H2/b13-12+/t22-/m1/s1. The highest BCUT2D eigenvalue weighted by Gasteiger charge is 2.58. The number of carbonyl (C=O) groups is 2. The number of benzene rings is 2. The molecule has 1 spiro atoms. The quantitative estimate of drug-likeness (QED) is 0.629. The Hall–Kier alpha value is -3.40. The third kappa shape index (κ3) is 2.30. The molecule has 0 radical (unpaired) electrons. The zero-order valence-electron chi connectivity index (χ0n) is 14.1. The molecule has 4 nitrogen and oxygen atoms in total. The van der Waals surface area contributed by atoms with Gasteiger partial charge in [0.05, 0.1) is 5.69 Å². The van der Waals surface area contributed by atoms with Gasteiger partial charge in [0, 0.05) is 23.8 Å². The van der Waals surface area contributed by atoms with Crippen molar-refractivity contribution < 1.29 is 14.3 Å². The molecule has 4 rings (SSSR count). The summed E-state index contributed by atoms with van der Waals surface area (Å²) in [6.07, 6.45) is 6.72. The van der Waals surface area contributed by atoms with Gasteiger partial charge in [0.2, 0.25) is 5.60 Å². The zero-order chi connectivity index (χ0) is 18.1. The number of hydrogen-bond donors (Lipinski definition) is 0. The summed E-state index contributed by atoms with van der Waals surface area (Å²) in [6.45, 7) is 4.08. The van der Waals surface area contributed by atoms with E-state index >= 15 is 0 Å². The summed E-state index contributed by atoms with van der Waals surface area (Å²) in [4.78, 5) is 27.0. The first-order valence-electron chi connectivity index (χ1n) is 8.37. The lowest BCUT2D eigenvalue weighted by molar-refractivity contribution is -0.154. The van der Waals surface area contributed by atoms with Gasteiger partial charge >= 0.3 is 5.97 Å². The summed E-state index contributed by atoms with van der Waals surface area (Å²) in [7, 11) is 0. The maximum atomic E-state index is 13.3. The SMILES string of the molecule is C=CCN1C(=O)[C@]2(OC(=O)C=C2/C=C/c2ccccc2)c2ccccc21. The minimum Gasteiger partial charge on any atom is -0.436 e. The molecule has 2 aromatic carbocycles. The van der Waals surface area contributed by atoms with Crippen LogP contribution in [-0.2, 0) is 19.9 Å². The molecule has 2 aliphatic heterocycles. The average molecular weight is 343 g/mol. The normalized spacial score (nSPS) is 21.2. The second kappa shape index (κ2) is 6.15. The third-order valence-electron chi connectivity index (χ3n) is 4.62. The van der Waals surface area contributed by atoms with Crippen molar-refractivity contribution in [2.45, 2.75) is 5.60 Å². The molecule has 0 bridgehead atoms. The summed E-state index contributed by atoms with van der Waals surface area (Å²) < 4.78 is 5.62. The van der Waals surface area contributed by atoms with Gasteiger partial charge in [0.15, 0.2) is 0 Å². The van der Waals surface area contributed by atoms with Gasteiger partial charge in [0.25, 0.3) is 5.91 Å². The number of nitrogens with zero attached hydrogens (tertiary/aromatic N) is 1. The van der Waals surface area contributed by atoms with Crippen LogP contribution in [0.15, 0.2) is 85.0 Å². The Balaban J connectivity index is 1.82. The minimum atomic E-state index is -1.41. The smallest absolute Gasteiger partial charge is 0.332 e. The predicted octanol–water partition coefficient (Wildman–Crippen LogP) is 3.61. The summed E-state index contributed by atoms with van der Waals surface area (Å²) >= 11 is 0. The Bertz CT molecular complexity index is 958. The second-order valence-electron chi connectivity index (χ2n) is 6.17. The van der Waals surface area contributed by atoms with Crippen LogP contribution in [0.3, 0.4) is 0 Å². The van der Waals surface area contributed by atoms with E-state index in [2.05, 4.69) is 6.58 Å². The number of rotatable bonds is 4. The van der Waals surface area contributed by atoms with Crippen LogP contribution in [0.5, 0.6) is 0 Å². The average Bonchev–Trinajstić information content (AvgIpc) is 3.12. The summed E-state index contributed by atoms with van der Waals surface area (Å²) in [5.74, 6) is -0.783. The Morgan fingerprint density at radius 3 is 2.50 bits per heavy atom. The van der Waals surface area contributed by atoms with E-state index in [0.29, 0.717) is 17.7 Å². The highest BCUT2D eigenvalue weighted by Crippen LogP contribution is 2.50. The topological polar surface area (TPSA) is 46.6 Å². The second-order valence-corrected chi connectivity index (χ2v) is 6.17. The van der Waals surface area contributed by atoms with Crippen LogP contribution in [0.2, 0.25) is 0 Å². The van der Waals surface area contributed by atoms with Crippen molar-refractivity contribution in [1.82, 2.24) is 0 Å². The largest absolute Gasteiger partial charge is 0.436 e. The van der Waals surface area contributed by atoms with Crippen LogP contribution in [0.25, 0.3) is 6.08 Å². The molecule has 0 unspecified atom stereocenters. The van der Waals surface area contributed by atoms with E-state index in [0.717, 1.165) is 11.3 Å². The van der Waals surface area contributed by atoms with Gasteiger partial charge in [-0.2, -0.15) is 0 Å². The monoisotopic (exact) mass is 343 g/mol. The fraction of sp³-hybridized carbons (Fsp3) is 0.0909. The third-order valence-corrected chi connectivity index (χ3v) is 4.62. The molecule has 0 aromatic heterocycles. The molecular formula is C22H17NO3. The van der Waals surface area contributed by atoms with Crippen LogP contribution in [-0.4, -0.2) is 18.4 Å². The van der Waals surface area contributed by atoms with E-state index in [-0.39, 0.29) is 5.91 Å². The lowest BCUT2D eigenvalue weighted by Crippen LogP contribution is -2.42. The van der Waals surface area contributed by atoms with Crippen LogP contribution in [0.4, 0.5) is 5.69 Å². The lowest BCUT2D eigenvalue weighted by atomic mass is 9.87. The Kier molecular flexibility index (Phi) is 3.81. The van der Waals surface area contributed by atoms with Crippen LogP contribution < -0.4 is 4.90 Å². The molecule has 2 heterocycles. The fourth-order valence-corrected chi connectivity index (χ4v) is 3.49. The van der Waals surface area contributed by atoms with Crippen molar-refractivity contribution in [2.75, 3.05) is 11.4 Å². The first kappa shape index (κ1) is 16.1. The first-order chi connectivity index (χ1) is 12.7. The predicted molar refractivity (Wildman–Crippen MR) is 100 cm³/mol. The molecule has 26 heavy (non-hydrogen) atoms. The molecule has 2 aliphatic rings. The van der Waals surface area contributed by atoms with Gasteiger partial charge < -0.3 is 9.64 Å². The minimum absolute atomic E-state index is 0.270. The van der Waals surface area contributed by atoms with E-state index in [1.54, 1.807) is 17.1 Å². The molecule has 0 saturated heterocycles. The number of amides is 1. The number of hydrogen-bond acceptors (Lipinski definition) is 3. The van der Waals surface area contributed by atoms with E-state index < -0.39 is 11.6 Å². The number of ether oxygens (including phenoxy) is 1. The molecule has 1 amide bonds. The molecule has 4 heteroatoms. The summed E-state index contributed by atoms with van der Waals surface area (Å²) in [5, 5.41) is 0. The molecular weight excluding hydrogens is 326 g/mol. The van der Waals surface area contributed by atoms with Crippen molar-refractivity contribution in [3.63, 3.8) is 0 Å². The summed E-state index contributed by atoms with van der Waals surface area (Å²) in [5.41, 5.74) is 1.52. The first-order valence-corrected chi connectivity index (χ1v) is 8.37. The molecule has 1 atom stereocenters. The number of carbonyl (C=O) groups excluding carboxylic acids is 2. The lowest BCUT2D eigenvalue weighted by Gasteiger charge is -2.24. The number of fused-ring (bicyclic) bond motifs is 2. The highest BCUT2D eigenvalue weighted by molar-refractivity contribution is 6.13. The highest BCUT2D eigenvalue weighted by atomic mass is 16.6. The molecule has 0 fully saturated rings. The van der Waals surface area contributed by atoms with Crippen LogP contribution >= 0.6 is 0 Å². The van der Waals surface area contributed by atoms with E-state index in [9.17, 15) is 9.59 Å². The van der Waals surface area contributed by atoms with Crippen molar-refractivity contribution in [3.8, 4) is 0 Å². The number of anilines is 1. The maximum Gasteiger partial charge on any atom is 0.332 e. The van der Waals surface area contributed by atoms with Gasteiger partial charge in [-0.25, -0.2) is 4.79 Å². The van der Waals surface area contributed by atoms with Gasteiger partial charge in [-0.15, -0.1) is 6.58 Å². The van der Waals surface area contributed by atoms with E-state index in [4.69, 9.17) is 4.74 Å². The molecule has 0 N–H and O–H groups in total. The van der Waals surface area contributed by atoms with E-state index in [1.807, 2.05) is 60.7 Å². The number of para-hydroxylation sites is 1. The molecule has 128 valence electrons. The Morgan fingerprint density at radius 2 is 1.73 bits per heavy atom. The molecule has 0 saturated carbocycles. The number of esters is 1. The van der Waals surface area contributed by atoms with Crippen molar-refractivity contribution >= 4 is 23.6 Å². The van der Waals surface area contributed by atoms with Gasteiger partial charge in [-0.05, 0) is 11.6 Å². The summed E-state index contributed by atoms with van der Waals surface area (Å²) in [6, 6.07) is 17.1. The Morgan fingerprint density at radius 1 is 1.00 bits per heavy atom. The maximum absolute atomic E-state index is 13.3. The van der Waals surface area contributed by atoms with Crippen molar-refractivity contribution in [1.29, 1.82) is 0 Å². The van der Waals surface area contributed by atoms with Crippen LogP contribution in [0.1, 0.15) is 11.1 Å². The fourth-order valence-electron chi connectivity index (χ4n) is 3.49. The van der Waals surface area contributed by atoms with Crippen LogP contribution in [0, 0.1) is 0 Å². The van der Waals surface area contributed by atoms with Gasteiger partial charge in [-0.3, -0.25) is 4.79 Å². The van der Waals surface area contributed by atoms with Gasteiger partial charge in [-0.1, -0.05) is 66.8 Å². The zero-order valence-corrected chi connectivity index (χ0v) is 14.1. The van der Waals surface area contributed by atoms with E-state index in [1.165, 1.54) is 6.08 Å².